The van der Waals surface area contributed by atoms with Crippen LogP contribution in [0.5, 0.6) is 0 Å². The van der Waals surface area contributed by atoms with Gasteiger partial charge in [0, 0.05) is 62.1 Å². The van der Waals surface area contributed by atoms with E-state index in [2.05, 4.69) is 21.5 Å². The highest BCUT2D eigenvalue weighted by molar-refractivity contribution is 5.94. The highest BCUT2D eigenvalue weighted by atomic mass is 16.2. The van der Waals surface area contributed by atoms with Crippen molar-refractivity contribution in [2.45, 2.75) is 39.3 Å². The molecule has 2 aliphatic rings. The molecule has 1 aliphatic carbocycles. The van der Waals surface area contributed by atoms with Gasteiger partial charge in [-0.2, -0.15) is 5.10 Å². The maximum absolute atomic E-state index is 12.9. The maximum Gasteiger partial charge on any atom is 0.255 e. The topological polar surface area (TPSA) is 68.8 Å². The third-order valence-corrected chi connectivity index (χ3v) is 5.84. The summed E-state index contributed by atoms with van der Waals surface area (Å²) in [6.07, 6.45) is 8.64. The van der Waals surface area contributed by atoms with Gasteiger partial charge in [-0.05, 0) is 37.8 Å². The number of aryl methyl sites for hydroxylation is 2. The normalized spacial score (nSPS) is 16.3. The van der Waals surface area contributed by atoms with Crippen LogP contribution in [-0.2, 0) is 26.6 Å². The number of hydrogen-bond donors (Lipinski definition) is 0. The van der Waals surface area contributed by atoms with Gasteiger partial charge in [0.1, 0.15) is 5.69 Å². The standard InChI is InChI=1S/C21H24N6O/c1-14-10-23-20(27(14)12-15-5-6-15)19-17-13-26(9-7-18(17)25(2)24-19)21(28)16-4-3-8-22-11-16/h3-4,8,10-11,15H,5-7,9,12-13H2,1-2H3. The van der Waals surface area contributed by atoms with Crippen molar-refractivity contribution >= 4 is 5.91 Å². The minimum absolute atomic E-state index is 0.0195. The molecule has 0 atom stereocenters. The molecule has 144 valence electrons. The molecule has 0 unspecified atom stereocenters. The van der Waals surface area contributed by atoms with E-state index in [1.54, 1.807) is 18.5 Å². The van der Waals surface area contributed by atoms with Crippen molar-refractivity contribution in [1.29, 1.82) is 0 Å². The Morgan fingerprint density at radius 3 is 2.89 bits per heavy atom. The predicted octanol–water partition coefficient (Wildman–Crippen LogP) is 2.60. The fraction of sp³-hybridized carbons (Fsp3) is 0.429. The highest BCUT2D eigenvalue weighted by Crippen LogP contribution is 2.35. The van der Waals surface area contributed by atoms with Gasteiger partial charge in [-0.1, -0.05) is 0 Å². The van der Waals surface area contributed by atoms with Gasteiger partial charge in [0.2, 0.25) is 0 Å². The van der Waals surface area contributed by atoms with Gasteiger partial charge >= 0.3 is 0 Å². The van der Waals surface area contributed by atoms with E-state index in [1.165, 1.54) is 24.2 Å². The third kappa shape index (κ3) is 2.91. The summed E-state index contributed by atoms with van der Waals surface area (Å²) in [6.45, 7) is 4.36. The Hall–Kier alpha value is -2.96. The Balaban J connectivity index is 1.50. The molecule has 1 saturated carbocycles. The van der Waals surface area contributed by atoms with E-state index in [9.17, 15) is 4.79 Å². The van der Waals surface area contributed by atoms with Crippen molar-refractivity contribution in [3.8, 4) is 11.5 Å². The summed E-state index contributed by atoms with van der Waals surface area (Å²) < 4.78 is 4.25. The molecule has 1 fully saturated rings. The lowest BCUT2D eigenvalue weighted by molar-refractivity contribution is 0.0733. The maximum atomic E-state index is 12.9. The number of fused-ring (bicyclic) bond motifs is 1. The fourth-order valence-corrected chi connectivity index (χ4v) is 4.06. The number of hydrogen-bond acceptors (Lipinski definition) is 4. The van der Waals surface area contributed by atoms with Crippen LogP contribution in [0.15, 0.2) is 30.7 Å². The van der Waals surface area contributed by atoms with Crippen LogP contribution in [0.25, 0.3) is 11.5 Å². The van der Waals surface area contributed by atoms with Crippen molar-refractivity contribution in [3.63, 3.8) is 0 Å². The number of rotatable bonds is 4. The fourth-order valence-electron chi connectivity index (χ4n) is 4.06. The molecule has 0 radical (unpaired) electrons. The first kappa shape index (κ1) is 17.2. The molecule has 3 aromatic heterocycles. The molecular weight excluding hydrogens is 352 g/mol. The average molecular weight is 376 g/mol. The van der Waals surface area contributed by atoms with Crippen molar-refractivity contribution in [1.82, 2.24) is 29.2 Å². The van der Waals surface area contributed by atoms with Crippen molar-refractivity contribution < 1.29 is 4.79 Å². The van der Waals surface area contributed by atoms with Gasteiger partial charge in [0.05, 0.1) is 12.1 Å². The number of imidazole rings is 1. The van der Waals surface area contributed by atoms with Gasteiger partial charge in [0.15, 0.2) is 5.82 Å². The van der Waals surface area contributed by atoms with Crippen LogP contribution in [0.2, 0.25) is 0 Å². The summed E-state index contributed by atoms with van der Waals surface area (Å²) in [5, 5.41) is 4.81. The zero-order chi connectivity index (χ0) is 19.3. The smallest absolute Gasteiger partial charge is 0.255 e. The minimum Gasteiger partial charge on any atom is -0.334 e. The Bertz CT molecular complexity index is 1030. The summed E-state index contributed by atoms with van der Waals surface area (Å²) >= 11 is 0. The predicted molar refractivity (Wildman–Crippen MR) is 105 cm³/mol. The van der Waals surface area contributed by atoms with Crippen LogP contribution in [0.4, 0.5) is 0 Å². The lowest BCUT2D eigenvalue weighted by Gasteiger charge is -2.27. The molecule has 1 aliphatic heterocycles. The molecule has 0 spiro atoms. The van der Waals surface area contributed by atoms with Gasteiger partial charge in [-0.15, -0.1) is 0 Å². The van der Waals surface area contributed by atoms with E-state index in [1.807, 2.05) is 28.9 Å². The van der Waals surface area contributed by atoms with E-state index < -0.39 is 0 Å². The molecule has 7 nitrogen and oxygen atoms in total. The van der Waals surface area contributed by atoms with Crippen LogP contribution >= 0.6 is 0 Å². The molecule has 5 rings (SSSR count). The molecule has 0 N–H and O–H groups in total. The molecule has 1 amide bonds. The first-order chi connectivity index (χ1) is 13.6. The van der Waals surface area contributed by atoms with Gasteiger partial charge in [-0.25, -0.2) is 4.98 Å². The van der Waals surface area contributed by atoms with Crippen LogP contribution in [0.1, 0.15) is 40.2 Å². The molecule has 28 heavy (non-hydrogen) atoms. The summed E-state index contributed by atoms with van der Waals surface area (Å²) in [5.41, 5.74) is 5.02. The van der Waals surface area contributed by atoms with Crippen molar-refractivity contribution in [2.75, 3.05) is 6.54 Å². The molecule has 4 heterocycles. The summed E-state index contributed by atoms with van der Waals surface area (Å²) in [5.74, 6) is 1.71. The second-order valence-electron chi connectivity index (χ2n) is 7.89. The summed E-state index contributed by atoms with van der Waals surface area (Å²) in [6, 6.07) is 3.62. The minimum atomic E-state index is 0.0195. The first-order valence-corrected chi connectivity index (χ1v) is 9.88. The first-order valence-electron chi connectivity index (χ1n) is 9.88. The van der Waals surface area contributed by atoms with Crippen LogP contribution in [-0.4, -0.2) is 41.7 Å². The van der Waals surface area contributed by atoms with Crippen LogP contribution < -0.4 is 0 Å². The third-order valence-electron chi connectivity index (χ3n) is 5.84. The van der Waals surface area contributed by atoms with E-state index in [-0.39, 0.29) is 5.91 Å². The molecular formula is C21H24N6O. The Labute approximate surface area is 164 Å². The summed E-state index contributed by atoms with van der Waals surface area (Å²) in [4.78, 5) is 23.6. The van der Waals surface area contributed by atoms with E-state index in [4.69, 9.17) is 5.10 Å². The monoisotopic (exact) mass is 376 g/mol. The highest BCUT2D eigenvalue weighted by Gasteiger charge is 2.31. The molecule has 0 bridgehead atoms. The summed E-state index contributed by atoms with van der Waals surface area (Å²) in [7, 11) is 1.99. The zero-order valence-electron chi connectivity index (χ0n) is 16.3. The molecule has 3 aromatic rings. The van der Waals surface area contributed by atoms with E-state index >= 15 is 0 Å². The van der Waals surface area contributed by atoms with Gasteiger partial charge in [-0.3, -0.25) is 14.5 Å². The lowest BCUT2D eigenvalue weighted by Crippen LogP contribution is -2.36. The van der Waals surface area contributed by atoms with Crippen LogP contribution in [0.3, 0.4) is 0 Å². The van der Waals surface area contributed by atoms with Crippen molar-refractivity contribution in [2.24, 2.45) is 13.0 Å². The van der Waals surface area contributed by atoms with Crippen LogP contribution in [0, 0.1) is 12.8 Å². The largest absolute Gasteiger partial charge is 0.334 e. The number of carbonyl (C=O) groups is 1. The lowest BCUT2D eigenvalue weighted by atomic mass is 10.0. The second kappa shape index (κ2) is 6.58. The Morgan fingerprint density at radius 2 is 2.14 bits per heavy atom. The van der Waals surface area contributed by atoms with Crippen molar-refractivity contribution in [3.05, 3.63) is 53.2 Å². The molecule has 7 heteroatoms. The zero-order valence-corrected chi connectivity index (χ0v) is 16.3. The quantitative estimate of drug-likeness (QED) is 0.702. The number of nitrogens with zero attached hydrogens (tertiary/aromatic N) is 6. The Kier molecular flexibility index (Phi) is 4.03. The number of carbonyl (C=O) groups excluding carboxylic acids is 1. The van der Waals surface area contributed by atoms with E-state index in [0.717, 1.165) is 36.0 Å². The molecule has 0 saturated heterocycles. The van der Waals surface area contributed by atoms with Gasteiger partial charge in [0.25, 0.3) is 5.91 Å². The second-order valence-corrected chi connectivity index (χ2v) is 7.89. The average Bonchev–Trinajstić information content (AvgIpc) is 3.40. The Morgan fingerprint density at radius 1 is 1.29 bits per heavy atom. The van der Waals surface area contributed by atoms with E-state index in [0.29, 0.717) is 18.7 Å². The molecule has 0 aromatic carbocycles. The number of aromatic nitrogens is 5. The van der Waals surface area contributed by atoms with Gasteiger partial charge < -0.3 is 9.47 Å². The SMILES string of the molecule is Cc1cnc(-c2nn(C)c3c2CN(C(=O)c2cccnc2)CC3)n1CC1CC1. The number of pyridine rings is 1. The number of amides is 1.